The molecule has 0 radical (unpaired) electrons. The van der Waals surface area contributed by atoms with Crippen LogP contribution in [-0.4, -0.2) is 0 Å². The van der Waals surface area contributed by atoms with Crippen LogP contribution >= 0.6 is 0 Å². The van der Waals surface area contributed by atoms with E-state index in [0.717, 1.165) is 111 Å². The van der Waals surface area contributed by atoms with Crippen LogP contribution in [0.3, 0.4) is 0 Å². The normalized spacial score (nSPS) is 11.8. The summed E-state index contributed by atoms with van der Waals surface area (Å²) in [7, 11) is 0. The first kappa shape index (κ1) is 39.5. The molecule has 0 saturated carbocycles. The van der Waals surface area contributed by atoms with Gasteiger partial charge in [0.25, 0.3) is 0 Å². The molecule has 0 N–H and O–H groups in total. The van der Waals surface area contributed by atoms with Gasteiger partial charge in [-0.3, -0.25) is 0 Å². The first-order valence-corrected chi connectivity index (χ1v) is 22.8. The van der Waals surface area contributed by atoms with E-state index in [0.29, 0.717) is 0 Å². The molecule has 318 valence electrons. The van der Waals surface area contributed by atoms with Crippen molar-refractivity contribution >= 4 is 99.5 Å². The highest BCUT2D eigenvalue weighted by Gasteiger charge is 2.23. The van der Waals surface area contributed by atoms with Gasteiger partial charge >= 0.3 is 0 Å². The first-order chi connectivity index (χ1) is 32.1. The summed E-state index contributed by atoms with van der Waals surface area (Å²) in [6, 6.07) is 66.3. The Morgan fingerprint density at radius 2 is 0.742 bits per heavy atom. The molecule has 12 aromatic rings. The summed E-state index contributed by atoms with van der Waals surface area (Å²) in [6.07, 6.45) is 0. The van der Waals surface area contributed by atoms with Gasteiger partial charge in [0, 0.05) is 55.7 Å². The number of hydrogen-bond donors (Lipinski definition) is 0. The highest BCUT2D eigenvalue weighted by Crippen LogP contribution is 2.47. The van der Waals surface area contributed by atoms with E-state index < -0.39 is 0 Å². The fourth-order valence-electron chi connectivity index (χ4n) is 10.1. The lowest BCUT2D eigenvalue weighted by molar-refractivity contribution is 0.658. The molecule has 66 heavy (non-hydrogen) atoms. The Hall–Kier alpha value is -8.08. The zero-order valence-electron chi connectivity index (χ0n) is 38.0. The summed E-state index contributed by atoms with van der Waals surface area (Å²) in [6.45, 7) is 13.0. The zero-order chi connectivity index (χ0) is 44.8. The Bertz CT molecular complexity index is 3640. The number of hydrogen-bond acceptors (Lipinski definition) is 4. The lowest BCUT2D eigenvalue weighted by atomic mass is 9.97. The SMILES string of the molecule is Cc1ccc(N(c2ccc3cc4c(cc3c2)oc2c(-c3ccccc3)c3oc5cc6cc(N(c7ccc(C)cc7)c7ccc(C)cc7C)ccc6cc5c3cc24)c2ccc(C)cc2C)cc1. The second-order valence-corrected chi connectivity index (χ2v) is 18.3. The number of anilines is 6. The second-order valence-electron chi connectivity index (χ2n) is 18.3. The third-order valence-corrected chi connectivity index (χ3v) is 13.4. The Balaban J connectivity index is 1.03. The average molecular weight is 853 g/mol. The van der Waals surface area contributed by atoms with Gasteiger partial charge in [0.1, 0.15) is 22.3 Å². The minimum Gasteiger partial charge on any atom is -0.455 e. The maximum absolute atomic E-state index is 7.01. The highest BCUT2D eigenvalue weighted by atomic mass is 16.3. The number of aryl methyl sites for hydroxylation is 6. The van der Waals surface area contributed by atoms with Crippen LogP contribution in [0.15, 0.2) is 191 Å². The molecule has 0 aliphatic heterocycles. The van der Waals surface area contributed by atoms with Crippen molar-refractivity contribution in [3.05, 3.63) is 215 Å². The summed E-state index contributed by atoms with van der Waals surface area (Å²) < 4.78 is 14.0. The number of nitrogens with zero attached hydrogens (tertiary/aromatic N) is 2. The Morgan fingerprint density at radius 3 is 1.18 bits per heavy atom. The van der Waals surface area contributed by atoms with Gasteiger partial charge in [-0.25, -0.2) is 0 Å². The molecule has 0 aliphatic rings. The third-order valence-electron chi connectivity index (χ3n) is 13.4. The van der Waals surface area contributed by atoms with Crippen molar-refractivity contribution in [3.63, 3.8) is 0 Å². The molecule has 12 rings (SSSR count). The first-order valence-electron chi connectivity index (χ1n) is 22.8. The van der Waals surface area contributed by atoms with Crippen LogP contribution in [0.25, 0.3) is 76.5 Å². The van der Waals surface area contributed by atoms with Crippen LogP contribution in [0, 0.1) is 41.5 Å². The summed E-state index contributed by atoms with van der Waals surface area (Å²) in [5, 5.41) is 8.83. The molecule has 0 atom stereocenters. The van der Waals surface area contributed by atoms with E-state index in [-0.39, 0.29) is 0 Å². The smallest absolute Gasteiger partial charge is 0.147 e. The van der Waals surface area contributed by atoms with Crippen LogP contribution in [0.5, 0.6) is 0 Å². The molecule has 0 amide bonds. The quantitative estimate of drug-likeness (QED) is 0.160. The number of fused-ring (bicyclic) bond motifs is 8. The molecule has 0 fully saturated rings. The van der Waals surface area contributed by atoms with Gasteiger partial charge in [0.2, 0.25) is 0 Å². The van der Waals surface area contributed by atoms with E-state index in [4.69, 9.17) is 8.83 Å². The molecule has 4 heteroatoms. The Morgan fingerprint density at radius 1 is 0.318 bits per heavy atom. The molecule has 0 unspecified atom stereocenters. The van der Waals surface area contributed by atoms with Gasteiger partial charge in [0.05, 0.1) is 5.56 Å². The lowest BCUT2D eigenvalue weighted by Gasteiger charge is -2.27. The lowest BCUT2D eigenvalue weighted by Crippen LogP contribution is -2.11. The summed E-state index contributed by atoms with van der Waals surface area (Å²) in [5.74, 6) is 0. The Kier molecular flexibility index (Phi) is 9.15. The maximum atomic E-state index is 7.01. The minimum absolute atomic E-state index is 0.823. The number of benzene rings is 10. The predicted octanol–water partition coefficient (Wildman–Crippen LogP) is 18.2. The molecule has 0 aliphatic carbocycles. The summed E-state index contributed by atoms with van der Waals surface area (Å²) in [5.41, 5.74) is 19.5. The van der Waals surface area contributed by atoms with E-state index in [1.54, 1.807) is 0 Å². The zero-order valence-corrected chi connectivity index (χ0v) is 38.0. The van der Waals surface area contributed by atoms with E-state index in [1.165, 1.54) is 33.4 Å². The van der Waals surface area contributed by atoms with Crippen LogP contribution in [-0.2, 0) is 0 Å². The van der Waals surface area contributed by atoms with Gasteiger partial charge in [-0.15, -0.1) is 0 Å². The largest absolute Gasteiger partial charge is 0.455 e. The molecule has 10 aromatic carbocycles. The number of rotatable bonds is 7. The predicted molar refractivity (Wildman–Crippen MR) is 279 cm³/mol. The van der Waals surface area contributed by atoms with E-state index >= 15 is 0 Å². The monoisotopic (exact) mass is 852 g/mol. The average Bonchev–Trinajstić information content (AvgIpc) is 3.85. The fourth-order valence-corrected chi connectivity index (χ4v) is 10.1. The van der Waals surface area contributed by atoms with Gasteiger partial charge in [-0.1, -0.05) is 113 Å². The van der Waals surface area contributed by atoms with Gasteiger partial charge in [0.15, 0.2) is 0 Å². The van der Waals surface area contributed by atoms with Gasteiger partial charge in [-0.05, 0) is 171 Å². The van der Waals surface area contributed by atoms with Gasteiger partial charge in [-0.2, -0.15) is 0 Å². The second kappa shape index (κ2) is 15.3. The molecule has 2 heterocycles. The molecule has 4 nitrogen and oxygen atoms in total. The van der Waals surface area contributed by atoms with Gasteiger partial charge < -0.3 is 18.6 Å². The van der Waals surface area contributed by atoms with Crippen LogP contribution in [0.4, 0.5) is 34.1 Å². The van der Waals surface area contributed by atoms with Crippen LogP contribution < -0.4 is 9.80 Å². The molecule has 0 spiro atoms. The topological polar surface area (TPSA) is 32.8 Å². The van der Waals surface area contributed by atoms with Crippen LogP contribution in [0.1, 0.15) is 33.4 Å². The third kappa shape index (κ3) is 6.60. The molecule has 0 saturated heterocycles. The molecular formula is C62H48N2O2. The van der Waals surface area contributed by atoms with Crippen molar-refractivity contribution in [1.82, 2.24) is 0 Å². The molecule has 2 aromatic heterocycles. The molecular weight excluding hydrogens is 805 g/mol. The highest BCUT2D eigenvalue weighted by molar-refractivity contribution is 6.24. The standard InChI is InChI=1S/C62H48N2O2/c1-37-12-20-48(21-13-37)63(56-26-16-39(3)28-41(56)5)50-24-18-44-32-52-54-36-55-53-33-45-19-25-51(64(49-22-14-38(2)15-23-49)57-27-17-40(4)29-42(57)6)31-47(45)35-59(53)66-62(55)60(43-10-8-7-9-11-43)61(54)65-58(52)34-46(44)30-50/h7-36H,1-6H3. The van der Waals surface area contributed by atoms with Crippen molar-refractivity contribution in [2.75, 3.05) is 9.80 Å². The van der Waals surface area contributed by atoms with Crippen LogP contribution in [0.2, 0.25) is 0 Å². The van der Waals surface area contributed by atoms with Crippen molar-refractivity contribution in [2.45, 2.75) is 41.5 Å². The summed E-state index contributed by atoms with van der Waals surface area (Å²) >= 11 is 0. The van der Waals surface area contributed by atoms with E-state index in [1.807, 2.05) is 0 Å². The van der Waals surface area contributed by atoms with Crippen molar-refractivity contribution < 1.29 is 8.83 Å². The molecule has 0 bridgehead atoms. The van der Waals surface area contributed by atoms with Crippen molar-refractivity contribution in [1.29, 1.82) is 0 Å². The van der Waals surface area contributed by atoms with Crippen molar-refractivity contribution in [3.8, 4) is 11.1 Å². The van der Waals surface area contributed by atoms with E-state index in [9.17, 15) is 0 Å². The fraction of sp³-hybridized carbons (Fsp3) is 0.0968. The minimum atomic E-state index is 0.823. The summed E-state index contributed by atoms with van der Waals surface area (Å²) in [4.78, 5) is 4.72. The van der Waals surface area contributed by atoms with Crippen molar-refractivity contribution in [2.24, 2.45) is 0 Å². The maximum Gasteiger partial charge on any atom is 0.147 e. The van der Waals surface area contributed by atoms with E-state index in [2.05, 4.69) is 233 Å². The Labute approximate surface area is 384 Å². The number of furan rings is 2.